The van der Waals surface area contributed by atoms with Crippen LogP contribution in [-0.4, -0.2) is 49.9 Å². The third kappa shape index (κ3) is 5.21. The molecule has 0 unspecified atom stereocenters. The van der Waals surface area contributed by atoms with Gasteiger partial charge < -0.3 is 14.7 Å². The predicted octanol–water partition coefficient (Wildman–Crippen LogP) is 1.67. The average molecular weight is 423 g/mol. The van der Waals surface area contributed by atoms with Gasteiger partial charge in [0.15, 0.2) is 5.76 Å². The number of amides is 2. The van der Waals surface area contributed by atoms with Gasteiger partial charge in [-0.3, -0.25) is 9.59 Å². The minimum atomic E-state index is -4.00. The summed E-state index contributed by atoms with van der Waals surface area (Å²) in [5.74, 6) is -0.789. The number of anilines is 1. The summed E-state index contributed by atoms with van der Waals surface area (Å²) in [4.78, 5) is 25.9. The molecule has 0 saturated heterocycles. The average Bonchev–Trinajstić information content (AvgIpc) is 2.97. The molecule has 0 fully saturated rings. The second kappa shape index (κ2) is 8.75. The first kappa shape index (κ1) is 22.6. The molecule has 10 heteroatoms. The second-order valence-electron chi connectivity index (χ2n) is 6.99. The molecule has 2 N–H and O–H groups in total. The van der Waals surface area contributed by atoms with E-state index >= 15 is 0 Å². The van der Waals surface area contributed by atoms with Gasteiger partial charge in [-0.15, -0.1) is 0 Å². The van der Waals surface area contributed by atoms with Gasteiger partial charge in [0.25, 0.3) is 0 Å². The number of hydrogen-bond acceptors (Lipinski definition) is 6. The fraction of sp³-hybridized carbons (Fsp3) is 0.421. The Morgan fingerprint density at radius 2 is 1.86 bits per heavy atom. The summed E-state index contributed by atoms with van der Waals surface area (Å²) < 4.78 is 32.3. The smallest absolute Gasteiger partial charge is 0.246 e. The van der Waals surface area contributed by atoms with Gasteiger partial charge in [0, 0.05) is 12.7 Å². The third-order valence-electron chi connectivity index (χ3n) is 4.57. The number of likely N-dealkylation sites (N-methyl/N-ethyl adjacent to an activating group) is 1. The maximum absolute atomic E-state index is 12.5. The van der Waals surface area contributed by atoms with Crippen LogP contribution in [0.4, 0.5) is 5.69 Å². The summed E-state index contributed by atoms with van der Waals surface area (Å²) in [6, 6.07) is 4.47. The SMILES string of the molecule is Cc1cccc(NC(=O)CN(C)C(=O)[C@H](C)NS(=O)(=O)c2c(C)noc2C)c1C. The van der Waals surface area contributed by atoms with Crippen LogP contribution in [0.25, 0.3) is 0 Å². The summed E-state index contributed by atoms with van der Waals surface area (Å²) in [6.45, 7) is 8.01. The van der Waals surface area contributed by atoms with Gasteiger partial charge >= 0.3 is 0 Å². The topological polar surface area (TPSA) is 122 Å². The van der Waals surface area contributed by atoms with Crippen LogP contribution in [0.5, 0.6) is 0 Å². The molecule has 1 heterocycles. The lowest BCUT2D eigenvalue weighted by Gasteiger charge is -2.22. The zero-order valence-corrected chi connectivity index (χ0v) is 18.2. The van der Waals surface area contributed by atoms with E-state index < -0.39 is 22.0 Å². The van der Waals surface area contributed by atoms with Crippen LogP contribution in [0.2, 0.25) is 0 Å². The largest absolute Gasteiger partial charge is 0.360 e. The van der Waals surface area contributed by atoms with Gasteiger partial charge in [-0.05, 0) is 51.8 Å². The highest BCUT2D eigenvalue weighted by atomic mass is 32.2. The number of aryl methyl sites for hydroxylation is 3. The zero-order valence-electron chi connectivity index (χ0n) is 17.4. The van der Waals surface area contributed by atoms with Gasteiger partial charge in [0.2, 0.25) is 21.8 Å². The van der Waals surface area contributed by atoms with Gasteiger partial charge in [0.05, 0.1) is 12.6 Å². The van der Waals surface area contributed by atoms with E-state index in [9.17, 15) is 18.0 Å². The molecule has 2 rings (SSSR count). The number of carbonyl (C=O) groups is 2. The van der Waals surface area contributed by atoms with E-state index in [1.165, 1.54) is 32.7 Å². The first-order valence-electron chi connectivity index (χ1n) is 9.00. The summed E-state index contributed by atoms with van der Waals surface area (Å²) in [5.41, 5.74) is 2.85. The van der Waals surface area contributed by atoms with Crippen molar-refractivity contribution >= 4 is 27.5 Å². The number of benzene rings is 1. The van der Waals surface area contributed by atoms with Crippen molar-refractivity contribution in [1.82, 2.24) is 14.8 Å². The summed E-state index contributed by atoms with van der Waals surface area (Å²) in [5, 5.41) is 6.39. The molecular formula is C19H26N4O5S. The fourth-order valence-corrected chi connectivity index (χ4v) is 4.43. The number of hydrogen-bond donors (Lipinski definition) is 2. The van der Waals surface area contributed by atoms with Crippen LogP contribution >= 0.6 is 0 Å². The first-order chi connectivity index (χ1) is 13.4. The Labute approximate surface area is 170 Å². The summed E-state index contributed by atoms with van der Waals surface area (Å²) in [6.07, 6.45) is 0. The van der Waals surface area contributed by atoms with Gasteiger partial charge in [-0.1, -0.05) is 17.3 Å². The quantitative estimate of drug-likeness (QED) is 0.700. The molecule has 1 aromatic heterocycles. The Hall–Kier alpha value is -2.72. The van der Waals surface area contributed by atoms with Crippen molar-refractivity contribution in [3.63, 3.8) is 0 Å². The number of nitrogens with one attached hydrogen (secondary N) is 2. The highest BCUT2D eigenvalue weighted by Crippen LogP contribution is 2.19. The maximum atomic E-state index is 12.5. The maximum Gasteiger partial charge on any atom is 0.246 e. The molecule has 1 atom stereocenters. The Bertz CT molecular complexity index is 1010. The molecule has 0 aliphatic rings. The Morgan fingerprint density at radius 3 is 2.45 bits per heavy atom. The predicted molar refractivity (Wildman–Crippen MR) is 108 cm³/mol. The molecule has 2 aromatic rings. The Morgan fingerprint density at radius 1 is 1.21 bits per heavy atom. The van der Waals surface area contributed by atoms with Crippen molar-refractivity contribution in [3.05, 3.63) is 40.8 Å². The van der Waals surface area contributed by atoms with Crippen LogP contribution in [0.3, 0.4) is 0 Å². The molecule has 0 saturated carbocycles. The number of nitrogens with zero attached hydrogens (tertiary/aromatic N) is 2. The van der Waals surface area contributed by atoms with Gasteiger partial charge in [0.1, 0.15) is 10.6 Å². The fourth-order valence-electron chi connectivity index (χ4n) is 2.90. The molecule has 9 nitrogen and oxygen atoms in total. The van der Waals surface area contributed by atoms with Crippen molar-refractivity contribution in [2.75, 3.05) is 18.9 Å². The first-order valence-corrected chi connectivity index (χ1v) is 10.5. The van der Waals surface area contributed by atoms with Crippen molar-refractivity contribution in [1.29, 1.82) is 0 Å². The minimum Gasteiger partial charge on any atom is -0.360 e. The van der Waals surface area contributed by atoms with Crippen LogP contribution in [0.15, 0.2) is 27.6 Å². The number of sulfonamides is 1. The second-order valence-corrected chi connectivity index (χ2v) is 8.64. The third-order valence-corrected chi connectivity index (χ3v) is 6.36. The van der Waals surface area contributed by atoms with E-state index in [2.05, 4.69) is 15.2 Å². The van der Waals surface area contributed by atoms with E-state index in [0.29, 0.717) is 5.69 Å². The molecule has 1 aromatic carbocycles. The molecule has 0 aliphatic carbocycles. The molecule has 158 valence electrons. The summed E-state index contributed by atoms with van der Waals surface area (Å²) in [7, 11) is -2.56. The Balaban J connectivity index is 2.02. The number of aromatic nitrogens is 1. The minimum absolute atomic E-state index is 0.0903. The van der Waals surface area contributed by atoms with E-state index in [4.69, 9.17) is 4.52 Å². The van der Waals surface area contributed by atoms with Crippen molar-refractivity contribution < 1.29 is 22.5 Å². The van der Waals surface area contributed by atoms with Crippen molar-refractivity contribution in [2.24, 2.45) is 0 Å². The lowest BCUT2D eigenvalue weighted by molar-refractivity contribution is -0.134. The van der Waals surface area contributed by atoms with E-state index in [1.54, 1.807) is 6.07 Å². The zero-order chi connectivity index (χ0) is 21.9. The molecule has 2 amide bonds. The number of carbonyl (C=O) groups excluding carboxylic acids is 2. The van der Waals surface area contributed by atoms with Crippen LogP contribution in [0, 0.1) is 27.7 Å². The van der Waals surface area contributed by atoms with E-state index in [1.807, 2.05) is 26.0 Å². The van der Waals surface area contributed by atoms with Crippen molar-refractivity contribution in [3.8, 4) is 0 Å². The molecule has 0 spiro atoms. The molecule has 0 radical (unpaired) electrons. The standard InChI is InChI=1S/C19H26N4O5S/c1-11-8-7-9-16(12(11)2)20-17(24)10-23(6)19(25)14(4)22-29(26,27)18-13(3)21-28-15(18)5/h7-9,14,22H,10H2,1-6H3,(H,20,24)/t14-/m0/s1. The van der Waals surface area contributed by atoms with Crippen molar-refractivity contribution in [2.45, 2.75) is 45.6 Å². The lowest BCUT2D eigenvalue weighted by atomic mass is 10.1. The number of rotatable bonds is 7. The highest BCUT2D eigenvalue weighted by molar-refractivity contribution is 7.89. The van der Waals surface area contributed by atoms with Crippen LogP contribution in [0.1, 0.15) is 29.5 Å². The normalized spacial score (nSPS) is 12.5. The van der Waals surface area contributed by atoms with Gasteiger partial charge in [-0.2, -0.15) is 4.72 Å². The molecule has 29 heavy (non-hydrogen) atoms. The molecule has 0 aliphatic heterocycles. The molecule has 0 bridgehead atoms. The molecular weight excluding hydrogens is 396 g/mol. The lowest BCUT2D eigenvalue weighted by Crippen LogP contribution is -2.47. The Kier molecular flexibility index (Phi) is 6.81. The van der Waals surface area contributed by atoms with Gasteiger partial charge in [-0.25, -0.2) is 8.42 Å². The van der Waals surface area contributed by atoms with E-state index in [-0.39, 0.29) is 28.8 Å². The summed E-state index contributed by atoms with van der Waals surface area (Å²) >= 11 is 0. The van der Waals surface area contributed by atoms with Crippen LogP contribution < -0.4 is 10.0 Å². The highest BCUT2D eigenvalue weighted by Gasteiger charge is 2.29. The monoisotopic (exact) mass is 422 g/mol. The van der Waals surface area contributed by atoms with E-state index in [0.717, 1.165) is 11.1 Å². The van der Waals surface area contributed by atoms with Crippen LogP contribution in [-0.2, 0) is 19.6 Å².